The van der Waals surface area contributed by atoms with Crippen molar-refractivity contribution in [3.8, 4) is 0 Å². The van der Waals surface area contributed by atoms with Crippen LogP contribution in [-0.2, 0) is 9.53 Å². The van der Waals surface area contributed by atoms with Gasteiger partial charge in [0.1, 0.15) is 0 Å². The molecule has 1 N–H and O–H groups in total. The van der Waals surface area contributed by atoms with Gasteiger partial charge in [0.2, 0.25) is 0 Å². The van der Waals surface area contributed by atoms with Crippen LogP contribution in [0, 0.1) is 5.41 Å². The van der Waals surface area contributed by atoms with Crippen molar-refractivity contribution < 1.29 is 9.53 Å². The molecule has 0 fully saturated rings. The number of hydrogen-bond acceptors (Lipinski definition) is 3. The predicted octanol–water partition coefficient (Wildman–Crippen LogP) is 2.39. The summed E-state index contributed by atoms with van der Waals surface area (Å²) in [4.78, 5) is 12.3. The van der Waals surface area contributed by atoms with Crippen LogP contribution in [0.2, 0.25) is 0 Å². The first kappa shape index (κ1) is 15.6. The van der Waals surface area contributed by atoms with Gasteiger partial charge in [-0.3, -0.25) is 4.79 Å². The van der Waals surface area contributed by atoms with Gasteiger partial charge in [-0.25, -0.2) is 0 Å². The normalized spacial score (nSPS) is 17.0. The number of ether oxygens (including phenoxy) is 1. The summed E-state index contributed by atoms with van der Waals surface area (Å²) in [7, 11) is 1.64. The van der Waals surface area contributed by atoms with Gasteiger partial charge in [0, 0.05) is 18.1 Å². The van der Waals surface area contributed by atoms with E-state index in [4.69, 9.17) is 4.74 Å². The molecule has 0 radical (unpaired) electrons. The van der Waals surface area contributed by atoms with Crippen LogP contribution in [0.1, 0.15) is 48.5 Å². The maximum absolute atomic E-state index is 12.3. The molecule has 0 aliphatic rings. The van der Waals surface area contributed by atoms with Crippen LogP contribution < -0.4 is 5.32 Å². The van der Waals surface area contributed by atoms with E-state index in [-0.39, 0.29) is 28.9 Å². The molecule has 96 valence electrons. The summed E-state index contributed by atoms with van der Waals surface area (Å²) in [5, 5.41) is 3.34. The summed E-state index contributed by atoms with van der Waals surface area (Å²) < 4.78 is 5.29. The topological polar surface area (TPSA) is 38.3 Å². The Hall–Kier alpha value is -0.410. The zero-order chi connectivity index (χ0) is 13.1. The number of methoxy groups -OCH3 is 1. The predicted molar refractivity (Wildman–Crippen MR) is 67.6 cm³/mol. The van der Waals surface area contributed by atoms with Crippen LogP contribution >= 0.6 is 0 Å². The highest BCUT2D eigenvalue weighted by atomic mass is 16.5. The second-order valence-corrected chi connectivity index (χ2v) is 6.43. The SMILES string of the molecule is COC(C)C(NC(C)(C)C)C(=O)C(C)(C)C. The average Bonchev–Trinajstić information content (AvgIpc) is 2.09. The number of rotatable bonds is 4. The Morgan fingerprint density at radius 1 is 1.12 bits per heavy atom. The van der Waals surface area contributed by atoms with Crippen LogP contribution in [0.25, 0.3) is 0 Å². The van der Waals surface area contributed by atoms with Crippen molar-refractivity contribution in [3.63, 3.8) is 0 Å². The highest BCUT2D eigenvalue weighted by molar-refractivity contribution is 5.89. The molecule has 2 atom stereocenters. The van der Waals surface area contributed by atoms with Crippen molar-refractivity contribution in [2.24, 2.45) is 5.41 Å². The maximum Gasteiger partial charge on any atom is 0.157 e. The average molecular weight is 229 g/mol. The van der Waals surface area contributed by atoms with Crippen molar-refractivity contribution in [3.05, 3.63) is 0 Å². The van der Waals surface area contributed by atoms with Crippen molar-refractivity contribution in [2.45, 2.75) is 66.2 Å². The molecule has 3 heteroatoms. The van der Waals surface area contributed by atoms with Crippen molar-refractivity contribution >= 4 is 5.78 Å². The first-order valence-electron chi connectivity index (χ1n) is 5.84. The third-order valence-electron chi connectivity index (χ3n) is 2.45. The van der Waals surface area contributed by atoms with Gasteiger partial charge in [-0.2, -0.15) is 0 Å². The fourth-order valence-corrected chi connectivity index (χ4v) is 1.47. The van der Waals surface area contributed by atoms with E-state index in [1.165, 1.54) is 0 Å². The second kappa shape index (κ2) is 5.28. The number of nitrogens with one attached hydrogen (secondary N) is 1. The van der Waals surface area contributed by atoms with Gasteiger partial charge in [-0.05, 0) is 27.7 Å². The van der Waals surface area contributed by atoms with Crippen molar-refractivity contribution in [2.75, 3.05) is 7.11 Å². The van der Waals surface area contributed by atoms with E-state index in [1.807, 2.05) is 27.7 Å². The van der Waals surface area contributed by atoms with Gasteiger partial charge in [0.15, 0.2) is 5.78 Å². The van der Waals surface area contributed by atoms with Gasteiger partial charge in [0.25, 0.3) is 0 Å². The van der Waals surface area contributed by atoms with Crippen molar-refractivity contribution in [1.82, 2.24) is 5.32 Å². The molecule has 0 aromatic heterocycles. The fraction of sp³-hybridized carbons (Fsp3) is 0.923. The number of ketones is 1. The van der Waals surface area contributed by atoms with E-state index >= 15 is 0 Å². The Morgan fingerprint density at radius 3 is 1.81 bits per heavy atom. The summed E-state index contributed by atoms with van der Waals surface area (Å²) in [5.41, 5.74) is -0.450. The number of hydrogen-bond donors (Lipinski definition) is 1. The van der Waals surface area contributed by atoms with E-state index in [9.17, 15) is 4.79 Å². The minimum atomic E-state index is -0.351. The van der Waals surface area contributed by atoms with Gasteiger partial charge in [-0.15, -0.1) is 0 Å². The third-order valence-corrected chi connectivity index (χ3v) is 2.45. The number of carbonyl (C=O) groups is 1. The Labute approximate surface area is 99.9 Å². The molecular weight excluding hydrogens is 202 g/mol. The molecule has 0 spiro atoms. The Kier molecular flexibility index (Phi) is 5.15. The molecule has 3 nitrogen and oxygen atoms in total. The maximum atomic E-state index is 12.3. The highest BCUT2D eigenvalue weighted by Crippen LogP contribution is 2.20. The molecule has 0 bridgehead atoms. The lowest BCUT2D eigenvalue weighted by molar-refractivity contribution is -0.132. The molecule has 0 rings (SSSR count). The Bertz CT molecular complexity index is 235. The minimum Gasteiger partial charge on any atom is -0.380 e. The van der Waals surface area contributed by atoms with Gasteiger partial charge in [0.05, 0.1) is 12.1 Å². The zero-order valence-electron chi connectivity index (χ0n) is 12.0. The Balaban J connectivity index is 4.89. The Morgan fingerprint density at radius 2 is 1.56 bits per heavy atom. The lowest BCUT2D eigenvalue weighted by atomic mass is 9.84. The largest absolute Gasteiger partial charge is 0.380 e. The first-order valence-corrected chi connectivity index (χ1v) is 5.84. The molecular formula is C13H27NO2. The second-order valence-electron chi connectivity index (χ2n) is 6.43. The van der Waals surface area contributed by atoms with Gasteiger partial charge in [-0.1, -0.05) is 20.8 Å². The summed E-state index contributed by atoms with van der Waals surface area (Å²) in [6.07, 6.45) is -0.119. The lowest BCUT2D eigenvalue weighted by Crippen LogP contribution is -2.56. The molecule has 0 aliphatic heterocycles. The minimum absolute atomic E-state index is 0.0988. The standard InChI is InChI=1S/C13H27NO2/c1-9(16-8)10(14-13(5,6)7)11(15)12(2,3)4/h9-10,14H,1-8H3. The molecule has 16 heavy (non-hydrogen) atoms. The molecule has 0 heterocycles. The van der Waals surface area contributed by atoms with E-state index < -0.39 is 0 Å². The summed E-state index contributed by atoms with van der Waals surface area (Å²) >= 11 is 0. The molecule has 0 saturated carbocycles. The van der Waals surface area contributed by atoms with E-state index in [0.717, 1.165) is 0 Å². The van der Waals surface area contributed by atoms with Crippen LogP contribution in [0.5, 0.6) is 0 Å². The number of carbonyl (C=O) groups excluding carboxylic acids is 1. The fourth-order valence-electron chi connectivity index (χ4n) is 1.47. The van der Waals surface area contributed by atoms with Crippen LogP contribution in [-0.4, -0.2) is 30.6 Å². The molecule has 0 amide bonds. The molecule has 0 saturated heterocycles. The lowest BCUT2D eigenvalue weighted by Gasteiger charge is -2.34. The van der Waals surface area contributed by atoms with Gasteiger partial charge >= 0.3 is 0 Å². The van der Waals surface area contributed by atoms with Crippen LogP contribution in [0.15, 0.2) is 0 Å². The molecule has 2 unspecified atom stereocenters. The van der Waals surface area contributed by atoms with Crippen molar-refractivity contribution in [1.29, 1.82) is 0 Å². The highest BCUT2D eigenvalue weighted by Gasteiger charge is 2.35. The smallest absolute Gasteiger partial charge is 0.157 e. The third kappa shape index (κ3) is 5.08. The quantitative estimate of drug-likeness (QED) is 0.804. The zero-order valence-corrected chi connectivity index (χ0v) is 12.0. The summed E-state index contributed by atoms with van der Waals surface area (Å²) in [6, 6.07) is -0.259. The van der Waals surface area contributed by atoms with E-state index in [0.29, 0.717) is 0 Å². The molecule has 0 aliphatic carbocycles. The molecule has 0 aromatic rings. The number of Topliss-reactive ketones (excluding diaryl/α,β-unsaturated/α-hetero) is 1. The molecule has 0 aromatic carbocycles. The first-order chi connectivity index (χ1) is 6.99. The van der Waals surface area contributed by atoms with E-state index in [2.05, 4.69) is 26.1 Å². The monoisotopic (exact) mass is 229 g/mol. The van der Waals surface area contributed by atoms with E-state index in [1.54, 1.807) is 7.11 Å². The summed E-state index contributed by atoms with van der Waals surface area (Å²) in [5.74, 6) is 0.191. The van der Waals surface area contributed by atoms with Crippen LogP contribution in [0.3, 0.4) is 0 Å². The van der Waals surface area contributed by atoms with Crippen LogP contribution in [0.4, 0.5) is 0 Å². The van der Waals surface area contributed by atoms with Gasteiger partial charge < -0.3 is 10.1 Å². The summed E-state index contributed by atoms with van der Waals surface area (Å²) in [6.45, 7) is 13.9.